The molecule has 6 nitrogen and oxygen atoms in total. The Morgan fingerprint density at radius 1 is 1.15 bits per heavy atom. The van der Waals surface area contributed by atoms with Gasteiger partial charge in [0.25, 0.3) is 5.91 Å². The first-order valence-corrected chi connectivity index (χ1v) is 8.34. The lowest BCUT2D eigenvalue weighted by atomic mass is 10.1. The fourth-order valence-corrected chi connectivity index (χ4v) is 2.80. The molecule has 0 saturated heterocycles. The minimum atomic E-state index is -0.344. The highest BCUT2D eigenvalue weighted by molar-refractivity contribution is 5.93. The fourth-order valence-electron chi connectivity index (χ4n) is 2.80. The van der Waals surface area contributed by atoms with Crippen LogP contribution in [0.25, 0.3) is 5.69 Å². The predicted octanol–water partition coefficient (Wildman–Crippen LogP) is 3.52. The molecule has 1 aromatic heterocycles. The summed E-state index contributed by atoms with van der Waals surface area (Å²) in [7, 11) is 3.15. The van der Waals surface area contributed by atoms with Crippen LogP contribution in [0, 0.1) is 5.82 Å². The van der Waals surface area contributed by atoms with Crippen molar-refractivity contribution in [3.8, 4) is 17.2 Å². The summed E-state index contributed by atoms with van der Waals surface area (Å²) < 4.78 is 25.4. The smallest absolute Gasteiger partial charge is 0.270 e. The second-order valence-corrected chi connectivity index (χ2v) is 5.93. The fraction of sp³-hybridized carbons (Fsp3) is 0.200. The van der Waals surface area contributed by atoms with Gasteiger partial charge in [0.2, 0.25) is 0 Å². The largest absolute Gasteiger partial charge is 0.497 e. The highest BCUT2D eigenvalue weighted by atomic mass is 19.1. The topological polar surface area (TPSA) is 65.4 Å². The Morgan fingerprint density at radius 2 is 1.89 bits per heavy atom. The zero-order chi connectivity index (χ0) is 19.4. The molecule has 1 heterocycles. The van der Waals surface area contributed by atoms with Gasteiger partial charge in [-0.05, 0) is 49.4 Å². The summed E-state index contributed by atoms with van der Waals surface area (Å²) in [5.74, 6) is 0.664. The van der Waals surface area contributed by atoms with Crippen LogP contribution in [0.5, 0.6) is 11.5 Å². The summed E-state index contributed by atoms with van der Waals surface area (Å²) in [6.07, 6.45) is 2.98. The van der Waals surface area contributed by atoms with Gasteiger partial charge in [-0.15, -0.1) is 0 Å². The van der Waals surface area contributed by atoms with Gasteiger partial charge in [0.15, 0.2) is 0 Å². The third-order valence-corrected chi connectivity index (χ3v) is 4.23. The van der Waals surface area contributed by atoms with Crippen molar-refractivity contribution in [1.29, 1.82) is 0 Å². The SMILES string of the molecule is COc1ccc(OC)c(C(C)NC(=O)c2cncn2-c2ccc(F)cc2)c1. The number of hydrogen-bond donors (Lipinski definition) is 1. The van der Waals surface area contributed by atoms with Crippen molar-refractivity contribution in [2.24, 2.45) is 0 Å². The molecule has 3 rings (SSSR count). The predicted molar refractivity (Wildman–Crippen MR) is 98.9 cm³/mol. The Kier molecular flexibility index (Phi) is 5.40. The van der Waals surface area contributed by atoms with Gasteiger partial charge in [0.1, 0.15) is 23.0 Å². The number of methoxy groups -OCH3 is 2. The van der Waals surface area contributed by atoms with Crippen LogP contribution < -0.4 is 14.8 Å². The van der Waals surface area contributed by atoms with E-state index in [9.17, 15) is 9.18 Å². The number of nitrogens with zero attached hydrogens (tertiary/aromatic N) is 2. The average Bonchev–Trinajstić information content (AvgIpc) is 3.18. The van der Waals surface area contributed by atoms with Gasteiger partial charge < -0.3 is 14.8 Å². The molecule has 27 heavy (non-hydrogen) atoms. The third-order valence-electron chi connectivity index (χ3n) is 4.23. The second-order valence-electron chi connectivity index (χ2n) is 5.93. The van der Waals surface area contributed by atoms with Crippen molar-refractivity contribution < 1.29 is 18.7 Å². The number of rotatable bonds is 6. The summed E-state index contributed by atoms with van der Waals surface area (Å²) in [5, 5.41) is 2.94. The number of aromatic nitrogens is 2. The Hall–Kier alpha value is -3.35. The molecule has 140 valence electrons. The van der Waals surface area contributed by atoms with E-state index in [1.54, 1.807) is 43.1 Å². The molecular formula is C20H20FN3O3. The van der Waals surface area contributed by atoms with E-state index in [0.717, 1.165) is 5.56 Å². The van der Waals surface area contributed by atoms with Gasteiger partial charge in [-0.25, -0.2) is 9.37 Å². The van der Waals surface area contributed by atoms with Crippen molar-refractivity contribution in [2.75, 3.05) is 14.2 Å². The molecular weight excluding hydrogens is 349 g/mol. The van der Waals surface area contributed by atoms with E-state index in [1.807, 2.05) is 13.0 Å². The summed E-state index contributed by atoms with van der Waals surface area (Å²) in [5.41, 5.74) is 1.78. The van der Waals surface area contributed by atoms with Crippen LogP contribution in [0.3, 0.4) is 0 Å². The van der Waals surface area contributed by atoms with Gasteiger partial charge in [-0.1, -0.05) is 0 Å². The number of carbonyl (C=O) groups is 1. The van der Waals surface area contributed by atoms with E-state index >= 15 is 0 Å². The summed E-state index contributed by atoms with van der Waals surface area (Å²) in [6.45, 7) is 1.85. The van der Waals surface area contributed by atoms with Crippen LogP contribution in [0.4, 0.5) is 4.39 Å². The van der Waals surface area contributed by atoms with E-state index in [2.05, 4.69) is 10.3 Å². The van der Waals surface area contributed by atoms with Crippen molar-refractivity contribution in [3.05, 3.63) is 72.1 Å². The van der Waals surface area contributed by atoms with Crippen LogP contribution >= 0.6 is 0 Å². The number of amides is 1. The van der Waals surface area contributed by atoms with Crippen LogP contribution in [0.15, 0.2) is 55.0 Å². The number of hydrogen-bond acceptors (Lipinski definition) is 4. The Morgan fingerprint density at radius 3 is 2.56 bits per heavy atom. The van der Waals surface area contributed by atoms with Gasteiger partial charge in [0.05, 0.1) is 32.8 Å². The maximum Gasteiger partial charge on any atom is 0.270 e. The normalized spacial score (nSPS) is 11.7. The molecule has 1 atom stereocenters. The number of carbonyl (C=O) groups excluding carboxylic acids is 1. The highest BCUT2D eigenvalue weighted by Crippen LogP contribution is 2.29. The van der Waals surface area contributed by atoms with Crippen LogP contribution in [-0.2, 0) is 0 Å². The molecule has 7 heteroatoms. The molecule has 0 fully saturated rings. The van der Waals surface area contributed by atoms with E-state index in [1.165, 1.54) is 24.7 Å². The Labute approximate surface area is 156 Å². The molecule has 0 spiro atoms. The monoisotopic (exact) mass is 369 g/mol. The highest BCUT2D eigenvalue weighted by Gasteiger charge is 2.19. The molecule has 0 saturated carbocycles. The minimum Gasteiger partial charge on any atom is -0.497 e. The lowest BCUT2D eigenvalue weighted by Gasteiger charge is -2.18. The summed E-state index contributed by atoms with van der Waals surface area (Å²) in [6, 6.07) is 10.9. The first kappa shape index (κ1) is 18.4. The average molecular weight is 369 g/mol. The molecule has 0 aliphatic rings. The lowest BCUT2D eigenvalue weighted by Crippen LogP contribution is -2.28. The maximum atomic E-state index is 13.2. The quantitative estimate of drug-likeness (QED) is 0.722. The molecule has 1 amide bonds. The molecule has 0 radical (unpaired) electrons. The van der Waals surface area contributed by atoms with E-state index in [-0.39, 0.29) is 17.8 Å². The number of nitrogens with one attached hydrogen (secondary N) is 1. The molecule has 1 unspecified atom stereocenters. The Bertz CT molecular complexity index is 938. The van der Waals surface area contributed by atoms with Gasteiger partial charge >= 0.3 is 0 Å². The summed E-state index contributed by atoms with van der Waals surface area (Å²) >= 11 is 0. The zero-order valence-corrected chi connectivity index (χ0v) is 15.3. The summed E-state index contributed by atoms with van der Waals surface area (Å²) in [4.78, 5) is 16.8. The van der Waals surface area contributed by atoms with E-state index < -0.39 is 0 Å². The molecule has 1 N–H and O–H groups in total. The number of halogens is 1. The van der Waals surface area contributed by atoms with Crippen molar-refractivity contribution in [1.82, 2.24) is 14.9 Å². The van der Waals surface area contributed by atoms with E-state index in [4.69, 9.17) is 9.47 Å². The van der Waals surface area contributed by atoms with Crippen LogP contribution in [0.2, 0.25) is 0 Å². The third kappa shape index (κ3) is 3.92. The first-order valence-electron chi connectivity index (χ1n) is 8.34. The molecule has 0 aliphatic carbocycles. The molecule has 3 aromatic rings. The molecule has 2 aromatic carbocycles. The van der Waals surface area contributed by atoms with Gasteiger partial charge in [0, 0.05) is 11.3 Å². The van der Waals surface area contributed by atoms with Crippen molar-refractivity contribution in [2.45, 2.75) is 13.0 Å². The zero-order valence-electron chi connectivity index (χ0n) is 15.3. The minimum absolute atomic E-state index is 0.311. The lowest BCUT2D eigenvalue weighted by molar-refractivity contribution is 0.0932. The molecule has 0 bridgehead atoms. The second kappa shape index (κ2) is 7.90. The van der Waals surface area contributed by atoms with Crippen LogP contribution in [0.1, 0.15) is 29.0 Å². The molecule has 0 aliphatic heterocycles. The van der Waals surface area contributed by atoms with Gasteiger partial charge in [-0.2, -0.15) is 0 Å². The van der Waals surface area contributed by atoms with Crippen molar-refractivity contribution in [3.63, 3.8) is 0 Å². The number of imidazole rings is 1. The Balaban J connectivity index is 1.84. The standard InChI is InChI=1S/C20H20FN3O3/c1-13(17-10-16(26-2)8-9-19(17)27-3)23-20(25)18-11-22-12-24(18)15-6-4-14(21)5-7-15/h4-13H,1-3H3,(H,23,25). The van der Waals surface area contributed by atoms with Crippen molar-refractivity contribution >= 4 is 5.91 Å². The van der Waals surface area contributed by atoms with E-state index in [0.29, 0.717) is 22.9 Å². The van der Waals surface area contributed by atoms with Gasteiger partial charge in [-0.3, -0.25) is 9.36 Å². The number of ether oxygens (including phenoxy) is 2. The number of benzene rings is 2. The maximum absolute atomic E-state index is 13.2. The first-order chi connectivity index (χ1) is 13.0. The van der Waals surface area contributed by atoms with Crippen LogP contribution in [-0.4, -0.2) is 29.7 Å².